The Balaban J connectivity index is 1.93. The largest absolute Gasteiger partial charge is 0.355 e. The van der Waals surface area contributed by atoms with Crippen molar-refractivity contribution in [2.75, 3.05) is 0 Å². The minimum Gasteiger partial charge on any atom is -0.355 e. The van der Waals surface area contributed by atoms with Crippen LogP contribution in [0.2, 0.25) is 0 Å². The maximum absolute atomic E-state index is 13.7. The molecule has 6 heteroatoms. The summed E-state index contributed by atoms with van der Waals surface area (Å²) >= 11 is 0. The van der Waals surface area contributed by atoms with E-state index in [2.05, 4.69) is 10.4 Å². The topological polar surface area (TPSA) is 46.9 Å². The molecule has 3 aromatic rings. The van der Waals surface area contributed by atoms with Gasteiger partial charge in [-0.2, -0.15) is 5.10 Å². The quantitative estimate of drug-likeness (QED) is 0.736. The van der Waals surface area contributed by atoms with Crippen molar-refractivity contribution in [3.63, 3.8) is 0 Å². The second-order valence-electron chi connectivity index (χ2n) is 5.00. The highest BCUT2D eigenvalue weighted by atomic mass is 19.1. The molecule has 0 spiro atoms. The minimum absolute atomic E-state index is 0.242. The zero-order valence-corrected chi connectivity index (χ0v) is 12.0. The molecule has 4 nitrogen and oxygen atoms in total. The number of benzene rings is 2. The molecule has 0 saturated heterocycles. The molecule has 0 radical (unpaired) electrons. The maximum atomic E-state index is 13.7. The second kappa shape index (κ2) is 6.39. The summed E-state index contributed by atoms with van der Waals surface area (Å²) in [5.74, 6) is -0.753. The van der Waals surface area contributed by atoms with E-state index in [0.717, 1.165) is 0 Å². The summed E-state index contributed by atoms with van der Waals surface area (Å²) in [5.41, 5.74) is 2.55. The number of hydrogen-bond donors (Lipinski definition) is 1. The predicted molar refractivity (Wildman–Crippen MR) is 81.8 cm³/mol. The Kier molecular flexibility index (Phi) is 4.14. The molecule has 23 heavy (non-hydrogen) atoms. The number of carbonyl (C=O) groups excluding carboxylic acids is 1. The summed E-state index contributed by atoms with van der Waals surface area (Å²) < 4.78 is 28.5. The Morgan fingerprint density at radius 1 is 1.09 bits per heavy atom. The van der Waals surface area contributed by atoms with E-state index in [1.165, 1.54) is 28.9 Å². The van der Waals surface area contributed by atoms with Gasteiger partial charge in [0.2, 0.25) is 6.41 Å². The Labute approximate surface area is 131 Å². The van der Waals surface area contributed by atoms with Gasteiger partial charge in [0.1, 0.15) is 11.6 Å². The van der Waals surface area contributed by atoms with E-state index in [1.54, 1.807) is 30.6 Å². The van der Waals surface area contributed by atoms with Gasteiger partial charge in [0.05, 0.1) is 11.9 Å². The molecule has 1 aromatic heterocycles. The summed E-state index contributed by atoms with van der Waals surface area (Å²) in [6.45, 7) is 0.242. The normalized spacial score (nSPS) is 10.5. The van der Waals surface area contributed by atoms with Crippen molar-refractivity contribution in [2.24, 2.45) is 0 Å². The summed E-state index contributed by atoms with van der Waals surface area (Å²) in [7, 11) is 0. The Hall–Kier alpha value is -3.02. The number of hydrogen-bond acceptors (Lipinski definition) is 2. The van der Waals surface area contributed by atoms with Gasteiger partial charge in [-0.1, -0.05) is 6.07 Å². The standard InChI is InChI=1S/C17H13F2N3O/c18-15-2-1-3-17(7-15)22-10-14(9-21-22)13-4-12(8-20-11-23)5-16(19)6-13/h1-7,9-11H,8H2,(H,20,23). The first-order chi connectivity index (χ1) is 11.2. The highest BCUT2D eigenvalue weighted by Gasteiger charge is 2.07. The van der Waals surface area contributed by atoms with E-state index in [1.807, 2.05) is 0 Å². The van der Waals surface area contributed by atoms with Gasteiger partial charge in [-0.15, -0.1) is 0 Å². The predicted octanol–water partition coefficient (Wildman–Crippen LogP) is 3.06. The van der Waals surface area contributed by atoms with Crippen LogP contribution in [0.4, 0.5) is 8.78 Å². The van der Waals surface area contributed by atoms with E-state index in [9.17, 15) is 13.6 Å². The average Bonchev–Trinajstić information content (AvgIpc) is 3.02. The molecule has 116 valence electrons. The van der Waals surface area contributed by atoms with Gasteiger partial charge in [0.15, 0.2) is 0 Å². The first-order valence-electron chi connectivity index (χ1n) is 6.93. The highest BCUT2D eigenvalue weighted by molar-refractivity contribution is 5.63. The van der Waals surface area contributed by atoms with Crippen LogP contribution in [0.3, 0.4) is 0 Å². The second-order valence-corrected chi connectivity index (χ2v) is 5.00. The van der Waals surface area contributed by atoms with Crippen molar-refractivity contribution >= 4 is 6.41 Å². The fourth-order valence-corrected chi connectivity index (χ4v) is 2.31. The third-order valence-corrected chi connectivity index (χ3v) is 3.34. The van der Waals surface area contributed by atoms with Gasteiger partial charge < -0.3 is 5.32 Å². The number of aromatic nitrogens is 2. The summed E-state index contributed by atoms with van der Waals surface area (Å²) in [6.07, 6.45) is 3.84. The molecule has 3 rings (SSSR count). The SMILES string of the molecule is O=CNCc1cc(F)cc(-c2cnn(-c3cccc(F)c3)c2)c1. The maximum Gasteiger partial charge on any atom is 0.207 e. The number of rotatable bonds is 5. The number of halogens is 2. The summed E-state index contributed by atoms with van der Waals surface area (Å²) in [6, 6.07) is 10.6. The van der Waals surface area contributed by atoms with Gasteiger partial charge in [-0.25, -0.2) is 13.5 Å². The molecule has 0 aliphatic carbocycles. The van der Waals surface area contributed by atoms with Crippen LogP contribution in [0.1, 0.15) is 5.56 Å². The molecule has 2 aromatic carbocycles. The Morgan fingerprint density at radius 2 is 1.96 bits per heavy atom. The fraction of sp³-hybridized carbons (Fsp3) is 0.0588. The lowest BCUT2D eigenvalue weighted by atomic mass is 10.1. The number of nitrogens with zero attached hydrogens (tertiary/aromatic N) is 2. The molecule has 0 aliphatic rings. The third kappa shape index (κ3) is 3.42. The Morgan fingerprint density at radius 3 is 2.74 bits per heavy atom. The molecule has 0 aliphatic heterocycles. The summed E-state index contributed by atoms with van der Waals surface area (Å²) in [4.78, 5) is 10.4. The number of carbonyl (C=O) groups is 1. The van der Waals surface area contributed by atoms with Crippen LogP contribution < -0.4 is 5.32 Å². The minimum atomic E-state index is -0.399. The smallest absolute Gasteiger partial charge is 0.207 e. The lowest BCUT2D eigenvalue weighted by molar-refractivity contribution is -0.109. The number of amides is 1. The van der Waals surface area contributed by atoms with Crippen molar-refractivity contribution in [1.29, 1.82) is 0 Å². The van der Waals surface area contributed by atoms with Crippen molar-refractivity contribution < 1.29 is 13.6 Å². The van der Waals surface area contributed by atoms with Crippen LogP contribution in [0, 0.1) is 11.6 Å². The van der Waals surface area contributed by atoms with Gasteiger partial charge in [0, 0.05) is 18.3 Å². The van der Waals surface area contributed by atoms with Crippen molar-refractivity contribution in [3.8, 4) is 16.8 Å². The van der Waals surface area contributed by atoms with Crippen LogP contribution >= 0.6 is 0 Å². The van der Waals surface area contributed by atoms with Gasteiger partial charge in [-0.3, -0.25) is 4.79 Å². The molecular weight excluding hydrogens is 300 g/mol. The molecule has 1 heterocycles. The van der Waals surface area contributed by atoms with Gasteiger partial charge in [-0.05, 0) is 47.5 Å². The Bertz CT molecular complexity index is 845. The molecule has 0 unspecified atom stereocenters. The van der Waals surface area contributed by atoms with Gasteiger partial charge >= 0.3 is 0 Å². The van der Waals surface area contributed by atoms with Crippen molar-refractivity contribution in [2.45, 2.75) is 6.54 Å². The molecule has 0 bridgehead atoms. The molecule has 1 amide bonds. The molecule has 0 atom stereocenters. The van der Waals surface area contributed by atoms with E-state index >= 15 is 0 Å². The monoisotopic (exact) mass is 313 g/mol. The first kappa shape index (κ1) is 14.9. The van der Waals surface area contributed by atoms with Crippen molar-refractivity contribution in [1.82, 2.24) is 15.1 Å². The van der Waals surface area contributed by atoms with Crippen LogP contribution in [-0.4, -0.2) is 16.2 Å². The lowest BCUT2D eigenvalue weighted by Crippen LogP contribution is -2.09. The molecule has 1 N–H and O–H groups in total. The lowest BCUT2D eigenvalue weighted by Gasteiger charge is -2.04. The molecule has 0 saturated carbocycles. The summed E-state index contributed by atoms with van der Waals surface area (Å²) in [5, 5.41) is 6.68. The van der Waals surface area contributed by atoms with Crippen LogP contribution in [0.5, 0.6) is 0 Å². The fourth-order valence-electron chi connectivity index (χ4n) is 2.31. The van der Waals surface area contributed by atoms with Gasteiger partial charge in [0.25, 0.3) is 0 Å². The zero-order valence-electron chi connectivity index (χ0n) is 12.0. The molecular formula is C17H13F2N3O. The zero-order chi connectivity index (χ0) is 16.2. The first-order valence-corrected chi connectivity index (χ1v) is 6.93. The number of nitrogens with one attached hydrogen (secondary N) is 1. The average molecular weight is 313 g/mol. The third-order valence-electron chi connectivity index (χ3n) is 3.34. The van der Waals surface area contributed by atoms with E-state index in [4.69, 9.17) is 0 Å². The van der Waals surface area contributed by atoms with E-state index in [-0.39, 0.29) is 12.4 Å². The molecule has 0 fully saturated rings. The van der Waals surface area contributed by atoms with E-state index in [0.29, 0.717) is 28.8 Å². The van der Waals surface area contributed by atoms with E-state index < -0.39 is 5.82 Å². The van der Waals surface area contributed by atoms with Crippen LogP contribution in [0.25, 0.3) is 16.8 Å². The van der Waals surface area contributed by atoms with Crippen molar-refractivity contribution in [3.05, 3.63) is 72.1 Å². The van der Waals surface area contributed by atoms with Crippen LogP contribution in [0.15, 0.2) is 54.9 Å². The van der Waals surface area contributed by atoms with Crippen LogP contribution in [-0.2, 0) is 11.3 Å². The highest BCUT2D eigenvalue weighted by Crippen LogP contribution is 2.23.